The molecule has 4 aromatic rings. The molecule has 4 bridgehead atoms. The minimum absolute atomic E-state index is 0.665. The molecule has 0 N–H and O–H groups in total. The van der Waals surface area contributed by atoms with Crippen molar-refractivity contribution in [1.29, 1.82) is 0 Å². The minimum atomic E-state index is -0.848. The van der Waals surface area contributed by atoms with Crippen LogP contribution in [0.5, 0.6) is 0 Å². The van der Waals surface area contributed by atoms with Gasteiger partial charge in [-0.3, -0.25) is 0 Å². The molecule has 0 spiro atoms. The van der Waals surface area contributed by atoms with E-state index in [1.54, 1.807) is 44.5 Å². The molecule has 7 rings (SSSR count). The normalized spacial score (nSPS) is 20.1. The summed E-state index contributed by atoms with van der Waals surface area (Å²) in [6.45, 7) is 4.91. The third-order valence-electron chi connectivity index (χ3n) is 8.36. The fourth-order valence-corrected chi connectivity index (χ4v) is 11.7. The topological polar surface area (TPSA) is 0 Å². The van der Waals surface area contributed by atoms with E-state index >= 15 is 0 Å². The number of rotatable bonds is 2. The fourth-order valence-electron chi connectivity index (χ4n) is 6.71. The van der Waals surface area contributed by atoms with Gasteiger partial charge in [-0.1, -0.05) is 0 Å². The molecule has 168 valence electrons. The van der Waals surface area contributed by atoms with Crippen molar-refractivity contribution in [3.05, 3.63) is 130 Å². The first-order valence-corrected chi connectivity index (χ1v) is 15.6. The van der Waals surface area contributed by atoms with Crippen LogP contribution in [-0.2, 0) is 23.2 Å². The van der Waals surface area contributed by atoms with Gasteiger partial charge in [-0.2, -0.15) is 0 Å². The predicted octanol–water partition coefficient (Wildman–Crippen LogP) is 9.25. The predicted molar refractivity (Wildman–Crippen MR) is 144 cm³/mol. The van der Waals surface area contributed by atoms with Gasteiger partial charge in [0.25, 0.3) is 0 Å². The fraction of sp³-hybridized carbons (Fsp3) is 0.176. The molecule has 1 heteroatoms. The molecule has 4 aromatic carbocycles. The number of fused-ring (bicyclic) bond motifs is 8. The van der Waals surface area contributed by atoms with Gasteiger partial charge in [0.05, 0.1) is 0 Å². The van der Waals surface area contributed by atoms with Gasteiger partial charge < -0.3 is 0 Å². The maximum atomic E-state index is 2.45. The average Bonchev–Trinajstić information content (AvgIpc) is 3.34. The molecule has 0 saturated carbocycles. The van der Waals surface area contributed by atoms with Crippen LogP contribution in [0, 0.1) is 0 Å². The Kier molecular flexibility index (Phi) is 5.18. The summed E-state index contributed by atoms with van der Waals surface area (Å²) in [5.41, 5.74) is 18.6. The molecule has 0 nitrogen and oxygen atoms in total. The van der Waals surface area contributed by atoms with E-state index in [9.17, 15) is 0 Å². The number of hydrogen-bond donors (Lipinski definition) is 0. The van der Waals surface area contributed by atoms with Crippen LogP contribution in [0.25, 0.3) is 33.4 Å². The summed E-state index contributed by atoms with van der Waals surface area (Å²) >= 11 is -0.848. The standard InChI is InChI=1S/C34H28.Zr/c1-23-21-27-15-9-17-31(25-11-5-3-6-12-25)33(27)29(23)19-20-30-24(2)22-28-16-10-18-32(34(28)30)26-13-7-4-8-14-26;/h3-18,21-22H,19-20H2,1-2H3;. The summed E-state index contributed by atoms with van der Waals surface area (Å²) in [7, 11) is 0. The summed E-state index contributed by atoms with van der Waals surface area (Å²) in [6, 6.07) is 36.3. The van der Waals surface area contributed by atoms with Gasteiger partial charge >= 0.3 is 221 Å². The van der Waals surface area contributed by atoms with E-state index in [-0.39, 0.29) is 0 Å². The molecular weight excluding hydrogens is 500 g/mol. The van der Waals surface area contributed by atoms with Gasteiger partial charge in [0.2, 0.25) is 0 Å². The second kappa shape index (κ2) is 8.42. The SMILES string of the molecule is CC1=C2CCC3=C(C)[CH]([Zr][CH]1c1cccc(-c4ccccc4)c12)c1cccc(-c2ccccc2)c13. The Morgan fingerprint density at radius 3 is 1.37 bits per heavy atom. The van der Waals surface area contributed by atoms with Crippen LogP contribution in [0.1, 0.15) is 56.2 Å². The Hall–Kier alpha value is -2.76. The monoisotopic (exact) mass is 526 g/mol. The molecular formula is C34H28Zr. The van der Waals surface area contributed by atoms with E-state index in [4.69, 9.17) is 0 Å². The number of allylic oxidation sites excluding steroid dienone is 4. The molecule has 2 aliphatic carbocycles. The van der Waals surface area contributed by atoms with Crippen LogP contribution >= 0.6 is 0 Å². The first-order valence-electron chi connectivity index (χ1n) is 12.7. The molecule has 1 aliphatic heterocycles. The van der Waals surface area contributed by atoms with E-state index in [0.717, 1.165) is 12.8 Å². The number of hydrogen-bond acceptors (Lipinski definition) is 0. The molecule has 0 saturated heterocycles. The molecule has 0 fully saturated rings. The van der Waals surface area contributed by atoms with Gasteiger partial charge in [0.1, 0.15) is 0 Å². The van der Waals surface area contributed by atoms with E-state index < -0.39 is 23.2 Å². The van der Waals surface area contributed by atoms with Crippen molar-refractivity contribution in [2.75, 3.05) is 0 Å². The summed E-state index contributed by atoms with van der Waals surface area (Å²) < 4.78 is 1.33. The second-order valence-electron chi connectivity index (χ2n) is 10.1. The van der Waals surface area contributed by atoms with Gasteiger partial charge in [-0.15, -0.1) is 0 Å². The molecule has 0 amide bonds. The third kappa shape index (κ3) is 3.28. The Morgan fingerprint density at radius 2 is 0.943 bits per heavy atom. The summed E-state index contributed by atoms with van der Waals surface area (Å²) in [4.78, 5) is 0. The summed E-state index contributed by atoms with van der Waals surface area (Å²) in [6.07, 6.45) is 2.28. The molecule has 2 unspecified atom stereocenters. The molecule has 0 radical (unpaired) electrons. The Balaban J connectivity index is 1.39. The van der Waals surface area contributed by atoms with Gasteiger partial charge in [0.15, 0.2) is 0 Å². The van der Waals surface area contributed by atoms with Crippen LogP contribution in [0.15, 0.2) is 108 Å². The summed E-state index contributed by atoms with van der Waals surface area (Å²) in [5, 5.41) is 0. The van der Waals surface area contributed by atoms with Crippen molar-refractivity contribution in [1.82, 2.24) is 0 Å². The van der Waals surface area contributed by atoms with E-state index in [1.165, 1.54) is 22.3 Å². The van der Waals surface area contributed by atoms with Crippen molar-refractivity contribution in [3.63, 3.8) is 0 Å². The van der Waals surface area contributed by atoms with Crippen LogP contribution < -0.4 is 0 Å². The Labute approximate surface area is 220 Å². The zero-order valence-electron chi connectivity index (χ0n) is 20.3. The van der Waals surface area contributed by atoms with Gasteiger partial charge in [-0.25, -0.2) is 0 Å². The first kappa shape index (κ1) is 21.5. The zero-order chi connectivity index (χ0) is 23.5. The maximum absolute atomic E-state index is 2.45. The van der Waals surface area contributed by atoms with Crippen molar-refractivity contribution < 1.29 is 23.2 Å². The van der Waals surface area contributed by atoms with Crippen molar-refractivity contribution in [3.8, 4) is 22.3 Å². The van der Waals surface area contributed by atoms with E-state index in [0.29, 0.717) is 7.25 Å². The van der Waals surface area contributed by atoms with Gasteiger partial charge in [-0.05, 0) is 0 Å². The van der Waals surface area contributed by atoms with Crippen LogP contribution in [-0.4, -0.2) is 0 Å². The Morgan fingerprint density at radius 1 is 0.514 bits per heavy atom. The van der Waals surface area contributed by atoms with E-state index in [2.05, 4.69) is 111 Å². The van der Waals surface area contributed by atoms with Crippen molar-refractivity contribution >= 4 is 11.1 Å². The van der Waals surface area contributed by atoms with Crippen LogP contribution in [0.4, 0.5) is 0 Å². The molecule has 35 heavy (non-hydrogen) atoms. The van der Waals surface area contributed by atoms with Gasteiger partial charge in [0, 0.05) is 0 Å². The average molecular weight is 528 g/mol. The zero-order valence-corrected chi connectivity index (χ0v) is 22.8. The Bertz CT molecular complexity index is 1400. The summed E-state index contributed by atoms with van der Waals surface area (Å²) in [5.74, 6) is 0. The second-order valence-corrected chi connectivity index (χ2v) is 13.8. The number of benzene rings is 4. The quantitative estimate of drug-likeness (QED) is 0.244. The first-order chi connectivity index (χ1) is 17.2. The van der Waals surface area contributed by atoms with Crippen LogP contribution in [0.3, 0.4) is 0 Å². The van der Waals surface area contributed by atoms with E-state index in [1.807, 2.05) is 0 Å². The molecule has 2 atom stereocenters. The molecule has 3 aliphatic rings. The molecule has 0 aromatic heterocycles. The third-order valence-corrected chi connectivity index (χ3v) is 13.7. The van der Waals surface area contributed by atoms with Crippen molar-refractivity contribution in [2.45, 2.75) is 33.9 Å². The molecule has 1 heterocycles. The van der Waals surface area contributed by atoms with Crippen molar-refractivity contribution in [2.24, 2.45) is 0 Å². The van der Waals surface area contributed by atoms with Crippen LogP contribution in [0.2, 0.25) is 0 Å².